The van der Waals surface area contributed by atoms with Gasteiger partial charge in [-0.2, -0.15) is 0 Å². The zero-order chi connectivity index (χ0) is 18.4. The van der Waals surface area contributed by atoms with Crippen LogP contribution in [0.3, 0.4) is 0 Å². The second-order valence-corrected chi connectivity index (χ2v) is 7.54. The summed E-state index contributed by atoms with van der Waals surface area (Å²) in [6.45, 7) is 3.35. The number of piperidine rings is 1. The average molecular weight is 436 g/mol. The Kier molecular flexibility index (Phi) is 11.1. The van der Waals surface area contributed by atoms with Crippen LogP contribution >= 0.6 is 24.8 Å². The first kappa shape index (κ1) is 25.0. The minimum atomic E-state index is -0.253. The van der Waals surface area contributed by atoms with Crippen LogP contribution in [0.25, 0.3) is 0 Å². The molecule has 1 saturated heterocycles. The van der Waals surface area contributed by atoms with Crippen molar-refractivity contribution in [3.05, 3.63) is 30.1 Å². The lowest BCUT2D eigenvalue weighted by Gasteiger charge is -2.32. The lowest BCUT2D eigenvalue weighted by molar-refractivity contribution is -0.123. The Labute approximate surface area is 179 Å². The maximum Gasteiger partial charge on any atom is 0.220 e. The maximum absolute atomic E-state index is 12.9. The van der Waals surface area contributed by atoms with Gasteiger partial charge in [-0.3, -0.25) is 9.69 Å². The SMILES string of the molecule is Cl.Cl.N[C@@H]1CCC[C@H]1CC(=O)NC1CCN(CCOc2ccc(F)cc2)CC1. The highest BCUT2D eigenvalue weighted by molar-refractivity contribution is 5.85. The number of rotatable bonds is 7. The van der Waals surface area contributed by atoms with Crippen molar-refractivity contribution >= 4 is 30.7 Å². The highest BCUT2D eigenvalue weighted by Crippen LogP contribution is 2.26. The summed E-state index contributed by atoms with van der Waals surface area (Å²) in [5.74, 6) is 0.958. The van der Waals surface area contributed by atoms with Crippen molar-refractivity contribution < 1.29 is 13.9 Å². The van der Waals surface area contributed by atoms with Gasteiger partial charge in [0.05, 0.1) is 0 Å². The number of hydrogen-bond acceptors (Lipinski definition) is 4. The fraction of sp³-hybridized carbons (Fsp3) is 0.650. The molecule has 1 aliphatic carbocycles. The summed E-state index contributed by atoms with van der Waals surface area (Å²) in [7, 11) is 0. The van der Waals surface area contributed by atoms with E-state index < -0.39 is 0 Å². The minimum absolute atomic E-state index is 0. The smallest absolute Gasteiger partial charge is 0.220 e. The second-order valence-electron chi connectivity index (χ2n) is 7.54. The average Bonchev–Trinajstić information content (AvgIpc) is 3.03. The number of amides is 1. The van der Waals surface area contributed by atoms with Gasteiger partial charge in [0.1, 0.15) is 18.2 Å². The number of nitrogens with one attached hydrogen (secondary N) is 1. The van der Waals surface area contributed by atoms with Gasteiger partial charge in [0.15, 0.2) is 0 Å². The molecule has 8 heteroatoms. The molecule has 1 aromatic rings. The van der Waals surface area contributed by atoms with Crippen LogP contribution in [0.4, 0.5) is 4.39 Å². The van der Waals surface area contributed by atoms with Crippen LogP contribution in [0.1, 0.15) is 38.5 Å². The van der Waals surface area contributed by atoms with Gasteiger partial charge >= 0.3 is 0 Å². The zero-order valence-electron chi connectivity index (χ0n) is 16.1. The summed E-state index contributed by atoms with van der Waals surface area (Å²) < 4.78 is 18.5. The van der Waals surface area contributed by atoms with Gasteiger partial charge in [0.2, 0.25) is 5.91 Å². The molecule has 0 spiro atoms. The van der Waals surface area contributed by atoms with E-state index in [1.807, 2.05) is 0 Å². The summed E-state index contributed by atoms with van der Waals surface area (Å²) in [6, 6.07) is 6.57. The van der Waals surface area contributed by atoms with Gasteiger partial charge in [-0.1, -0.05) is 6.42 Å². The Bertz CT molecular complexity index is 583. The number of carbonyl (C=O) groups is 1. The number of hydrogen-bond donors (Lipinski definition) is 2. The Balaban J connectivity index is 0.00000196. The highest BCUT2D eigenvalue weighted by Gasteiger charge is 2.27. The summed E-state index contributed by atoms with van der Waals surface area (Å²) in [5.41, 5.74) is 6.06. The molecule has 5 nitrogen and oxygen atoms in total. The number of ether oxygens (including phenoxy) is 1. The molecular formula is C20H32Cl2FN3O2. The molecule has 1 aromatic carbocycles. The fourth-order valence-corrected chi connectivity index (χ4v) is 3.97. The molecule has 160 valence electrons. The number of carbonyl (C=O) groups excluding carboxylic acids is 1. The van der Waals surface area contributed by atoms with Crippen LogP contribution < -0.4 is 15.8 Å². The third kappa shape index (κ3) is 7.74. The van der Waals surface area contributed by atoms with Crippen molar-refractivity contribution in [3.8, 4) is 5.75 Å². The van der Waals surface area contributed by atoms with Gasteiger partial charge in [-0.25, -0.2) is 4.39 Å². The quantitative estimate of drug-likeness (QED) is 0.689. The summed E-state index contributed by atoms with van der Waals surface area (Å²) >= 11 is 0. The van der Waals surface area contributed by atoms with Crippen LogP contribution in [0.2, 0.25) is 0 Å². The molecule has 0 radical (unpaired) electrons. The zero-order valence-corrected chi connectivity index (χ0v) is 17.8. The van der Waals surface area contributed by atoms with E-state index >= 15 is 0 Å². The predicted octanol–water partition coefficient (Wildman–Crippen LogP) is 3.15. The summed E-state index contributed by atoms with van der Waals surface area (Å²) in [6.07, 6.45) is 5.81. The Morgan fingerprint density at radius 1 is 1.14 bits per heavy atom. The van der Waals surface area contributed by atoms with Gasteiger partial charge in [0, 0.05) is 38.1 Å². The lowest BCUT2D eigenvalue weighted by atomic mass is 9.98. The standard InChI is InChI=1S/C20H30FN3O2.2ClH/c21-16-4-6-18(7-5-16)26-13-12-24-10-8-17(9-11-24)23-20(25)14-15-2-1-3-19(15)22;;/h4-7,15,17,19H,1-3,8-14,22H2,(H,23,25);2*1H/t15-,19+;;/m0../s1. The van der Waals surface area contributed by atoms with E-state index in [2.05, 4.69) is 10.2 Å². The predicted molar refractivity (Wildman–Crippen MR) is 114 cm³/mol. The van der Waals surface area contributed by atoms with Crippen LogP contribution in [-0.2, 0) is 4.79 Å². The Hall–Kier alpha value is -1.08. The molecule has 1 saturated carbocycles. The van der Waals surface area contributed by atoms with E-state index in [1.165, 1.54) is 12.1 Å². The number of likely N-dealkylation sites (tertiary alicyclic amines) is 1. The van der Waals surface area contributed by atoms with E-state index in [1.54, 1.807) is 12.1 Å². The molecule has 2 atom stereocenters. The van der Waals surface area contributed by atoms with Crippen LogP contribution in [0, 0.1) is 11.7 Å². The van der Waals surface area contributed by atoms with E-state index in [4.69, 9.17) is 10.5 Å². The summed E-state index contributed by atoms with van der Waals surface area (Å²) in [4.78, 5) is 14.6. The second kappa shape index (κ2) is 12.5. The van der Waals surface area contributed by atoms with Crippen molar-refractivity contribution in [1.29, 1.82) is 0 Å². The topological polar surface area (TPSA) is 67.6 Å². The third-order valence-corrected chi connectivity index (χ3v) is 5.61. The van der Waals surface area contributed by atoms with Gasteiger partial charge in [-0.15, -0.1) is 24.8 Å². The van der Waals surface area contributed by atoms with E-state index in [-0.39, 0.29) is 48.6 Å². The maximum atomic E-state index is 12.9. The Morgan fingerprint density at radius 2 is 1.82 bits per heavy atom. The first-order chi connectivity index (χ1) is 12.6. The van der Waals surface area contributed by atoms with Crippen LogP contribution in [0.15, 0.2) is 24.3 Å². The third-order valence-electron chi connectivity index (χ3n) is 5.61. The molecule has 2 aliphatic rings. The van der Waals surface area contributed by atoms with E-state index in [0.717, 1.165) is 51.7 Å². The van der Waals surface area contributed by atoms with Gasteiger partial charge < -0.3 is 15.8 Å². The molecule has 1 aliphatic heterocycles. The van der Waals surface area contributed by atoms with Crippen LogP contribution in [0.5, 0.6) is 5.75 Å². The normalized spacial score (nSPS) is 22.8. The molecule has 0 aromatic heterocycles. The first-order valence-electron chi connectivity index (χ1n) is 9.76. The monoisotopic (exact) mass is 435 g/mol. The highest BCUT2D eigenvalue weighted by atomic mass is 35.5. The van der Waals surface area contributed by atoms with Crippen molar-refractivity contribution in [3.63, 3.8) is 0 Å². The van der Waals surface area contributed by atoms with Crippen molar-refractivity contribution in [2.24, 2.45) is 11.7 Å². The van der Waals surface area contributed by atoms with Crippen molar-refractivity contribution in [1.82, 2.24) is 10.2 Å². The molecule has 28 heavy (non-hydrogen) atoms. The molecule has 1 heterocycles. The molecule has 1 amide bonds. The lowest BCUT2D eigenvalue weighted by Crippen LogP contribution is -2.46. The number of benzene rings is 1. The molecule has 3 rings (SSSR count). The molecule has 3 N–H and O–H groups in total. The number of nitrogens with zero attached hydrogens (tertiary/aromatic N) is 1. The minimum Gasteiger partial charge on any atom is -0.492 e. The van der Waals surface area contributed by atoms with Crippen molar-refractivity contribution in [2.75, 3.05) is 26.2 Å². The fourth-order valence-electron chi connectivity index (χ4n) is 3.97. The molecule has 0 unspecified atom stereocenters. The Morgan fingerprint density at radius 3 is 2.43 bits per heavy atom. The molecular weight excluding hydrogens is 404 g/mol. The summed E-state index contributed by atoms with van der Waals surface area (Å²) in [5, 5.41) is 3.19. The van der Waals surface area contributed by atoms with Crippen LogP contribution in [-0.4, -0.2) is 49.1 Å². The van der Waals surface area contributed by atoms with Crippen molar-refractivity contribution in [2.45, 2.75) is 50.6 Å². The number of nitrogens with two attached hydrogens (primary N) is 1. The van der Waals surface area contributed by atoms with E-state index in [0.29, 0.717) is 24.7 Å². The molecule has 0 bridgehead atoms. The van der Waals surface area contributed by atoms with Gasteiger partial charge in [-0.05, 0) is 55.9 Å². The largest absolute Gasteiger partial charge is 0.492 e. The first-order valence-corrected chi connectivity index (χ1v) is 9.76. The van der Waals surface area contributed by atoms with E-state index in [9.17, 15) is 9.18 Å². The molecule has 2 fully saturated rings. The van der Waals surface area contributed by atoms with Gasteiger partial charge in [0.25, 0.3) is 0 Å². The number of halogens is 3.